The highest BCUT2D eigenvalue weighted by molar-refractivity contribution is 5.77. The first kappa shape index (κ1) is 25.4. The fraction of sp³-hybridized carbons (Fsp3) is 0.478. The van der Waals surface area contributed by atoms with Crippen molar-refractivity contribution in [2.24, 2.45) is 0 Å². The van der Waals surface area contributed by atoms with Crippen molar-refractivity contribution < 1.29 is 14.7 Å². The van der Waals surface area contributed by atoms with Crippen LogP contribution in [0.15, 0.2) is 48.8 Å². The average Bonchev–Trinajstić information content (AvgIpc) is 2.81. The van der Waals surface area contributed by atoms with E-state index in [1.807, 2.05) is 48.8 Å². The van der Waals surface area contributed by atoms with Crippen molar-refractivity contribution in [1.29, 1.82) is 0 Å². The number of pyridine rings is 2. The molecule has 2 rings (SSSR count). The van der Waals surface area contributed by atoms with Crippen LogP contribution in [0.1, 0.15) is 17.8 Å². The molecule has 32 heavy (non-hydrogen) atoms. The summed E-state index contributed by atoms with van der Waals surface area (Å²) in [7, 11) is 0. The smallest absolute Gasteiger partial charge is 0.304 e. The van der Waals surface area contributed by atoms with Gasteiger partial charge in [-0.15, -0.1) is 0 Å². The van der Waals surface area contributed by atoms with E-state index >= 15 is 0 Å². The van der Waals surface area contributed by atoms with Gasteiger partial charge in [0.05, 0.1) is 13.0 Å². The van der Waals surface area contributed by atoms with Crippen LogP contribution in [0.25, 0.3) is 0 Å². The molecule has 0 aliphatic carbocycles. The number of nitrogens with zero attached hydrogens (tertiary/aromatic N) is 3. The third kappa shape index (κ3) is 12.1. The normalized spacial score (nSPS) is 10.9. The van der Waals surface area contributed by atoms with Gasteiger partial charge in [0.2, 0.25) is 5.91 Å². The van der Waals surface area contributed by atoms with Gasteiger partial charge in [-0.3, -0.25) is 19.6 Å². The SMILES string of the molecule is O=C(O)CCNCCNCC(=O)NCCN(CCc1ccccn1)CCc1ccccn1. The van der Waals surface area contributed by atoms with E-state index in [9.17, 15) is 9.59 Å². The highest BCUT2D eigenvalue weighted by Gasteiger charge is 2.08. The minimum atomic E-state index is -0.820. The number of rotatable bonds is 17. The van der Waals surface area contributed by atoms with Crippen LogP contribution in [0.3, 0.4) is 0 Å². The van der Waals surface area contributed by atoms with Gasteiger partial charge in [0.15, 0.2) is 0 Å². The van der Waals surface area contributed by atoms with Gasteiger partial charge in [-0.1, -0.05) is 12.1 Å². The first-order chi connectivity index (χ1) is 15.6. The number of nitrogens with one attached hydrogen (secondary N) is 3. The van der Waals surface area contributed by atoms with Crippen LogP contribution in [0.5, 0.6) is 0 Å². The molecule has 0 fully saturated rings. The Morgan fingerprint density at radius 1 is 0.812 bits per heavy atom. The number of aliphatic carboxylic acids is 1. The van der Waals surface area contributed by atoms with Crippen molar-refractivity contribution in [2.45, 2.75) is 19.3 Å². The number of carboxylic acids is 1. The fourth-order valence-electron chi connectivity index (χ4n) is 3.09. The maximum atomic E-state index is 12.1. The molecule has 2 heterocycles. The maximum absolute atomic E-state index is 12.1. The quantitative estimate of drug-likeness (QED) is 0.259. The average molecular weight is 443 g/mol. The Bertz CT molecular complexity index is 732. The van der Waals surface area contributed by atoms with E-state index in [4.69, 9.17) is 5.11 Å². The summed E-state index contributed by atoms with van der Waals surface area (Å²) in [4.78, 5) is 33.6. The van der Waals surface area contributed by atoms with Gasteiger partial charge in [-0.2, -0.15) is 0 Å². The molecule has 4 N–H and O–H groups in total. The Morgan fingerprint density at radius 2 is 1.44 bits per heavy atom. The summed E-state index contributed by atoms with van der Waals surface area (Å²) in [5, 5.41) is 17.6. The van der Waals surface area contributed by atoms with Crippen molar-refractivity contribution >= 4 is 11.9 Å². The molecule has 0 spiro atoms. The number of amides is 1. The lowest BCUT2D eigenvalue weighted by Gasteiger charge is -2.22. The monoisotopic (exact) mass is 442 g/mol. The number of aromatic nitrogens is 2. The number of carboxylic acid groups (broad SMARTS) is 1. The van der Waals surface area contributed by atoms with E-state index in [1.165, 1.54) is 0 Å². The highest BCUT2D eigenvalue weighted by atomic mass is 16.4. The molecular weight excluding hydrogens is 408 g/mol. The molecule has 0 radical (unpaired) electrons. The molecule has 1 amide bonds. The molecule has 0 saturated heterocycles. The largest absolute Gasteiger partial charge is 0.481 e. The van der Waals surface area contributed by atoms with Gasteiger partial charge in [0, 0.05) is 82.4 Å². The molecule has 0 unspecified atom stereocenters. The number of carbonyl (C=O) groups is 2. The van der Waals surface area contributed by atoms with E-state index in [0.717, 1.165) is 43.9 Å². The van der Waals surface area contributed by atoms with Crippen molar-refractivity contribution in [3.05, 3.63) is 60.2 Å². The molecule has 0 atom stereocenters. The Balaban J connectivity index is 1.65. The Morgan fingerprint density at radius 3 is 2.00 bits per heavy atom. The van der Waals surface area contributed by atoms with Crippen LogP contribution in [-0.4, -0.2) is 84.2 Å². The lowest BCUT2D eigenvalue weighted by molar-refractivity contribution is -0.136. The summed E-state index contributed by atoms with van der Waals surface area (Å²) in [5.74, 6) is -0.871. The number of hydrogen-bond acceptors (Lipinski definition) is 7. The summed E-state index contributed by atoms with van der Waals surface area (Å²) in [6, 6.07) is 11.9. The second kappa shape index (κ2) is 15.9. The first-order valence-corrected chi connectivity index (χ1v) is 11.1. The lowest BCUT2D eigenvalue weighted by Crippen LogP contribution is -2.41. The first-order valence-electron chi connectivity index (χ1n) is 11.1. The summed E-state index contributed by atoms with van der Waals surface area (Å²) in [5.41, 5.74) is 2.11. The number of carbonyl (C=O) groups excluding carboxylic acids is 1. The third-order valence-corrected chi connectivity index (χ3v) is 4.85. The van der Waals surface area contributed by atoms with Gasteiger partial charge in [-0.25, -0.2) is 0 Å². The molecule has 9 nitrogen and oxygen atoms in total. The van der Waals surface area contributed by atoms with Crippen LogP contribution in [0.4, 0.5) is 0 Å². The molecule has 0 aliphatic rings. The second-order valence-electron chi connectivity index (χ2n) is 7.40. The minimum Gasteiger partial charge on any atom is -0.481 e. The zero-order valence-corrected chi connectivity index (χ0v) is 18.5. The summed E-state index contributed by atoms with van der Waals surface area (Å²) < 4.78 is 0. The van der Waals surface area contributed by atoms with Gasteiger partial charge < -0.3 is 26.0 Å². The molecule has 0 aliphatic heterocycles. The van der Waals surface area contributed by atoms with E-state index in [0.29, 0.717) is 26.2 Å². The van der Waals surface area contributed by atoms with Crippen LogP contribution >= 0.6 is 0 Å². The van der Waals surface area contributed by atoms with Crippen LogP contribution in [-0.2, 0) is 22.4 Å². The van der Waals surface area contributed by atoms with Crippen LogP contribution in [0.2, 0.25) is 0 Å². The van der Waals surface area contributed by atoms with Crippen LogP contribution < -0.4 is 16.0 Å². The molecule has 0 aromatic carbocycles. The molecule has 0 saturated carbocycles. The zero-order chi connectivity index (χ0) is 22.9. The molecule has 2 aromatic heterocycles. The van der Waals surface area contributed by atoms with E-state index in [-0.39, 0.29) is 18.9 Å². The fourth-order valence-corrected chi connectivity index (χ4v) is 3.09. The predicted molar refractivity (Wildman–Crippen MR) is 123 cm³/mol. The van der Waals surface area contributed by atoms with E-state index in [2.05, 4.69) is 30.8 Å². The lowest BCUT2D eigenvalue weighted by atomic mass is 10.2. The van der Waals surface area contributed by atoms with E-state index < -0.39 is 5.97 Å². The topological polar surface area (TPSA) is 119 Å². The number of hydrogen-bond donors (Lipinski definition) is 4. The predicted octanol–water partition coefficient (Wildman–Crippen LogP) is 0.334. The molecular formula is C23H34N6O3. The minimum absolute atomic E-state index is 0.0510. The molecule has 2 aromatic rings. The van der Waals surface area contributed by atoms with Crippen molar-refractivity contribution in [2.75, 3.05) is 52.4 Å². The molecule has 174 valence electrons. The van der Waals surface area contributed by atoms with Crippen molar-refractivity contribution in [3.63, 3.8) is 0 Å². The molecule has 9 heteroatoms. The molecule has 0 bridgehead atoms. The standard InChI is InChI=1S/C23H34N6O3/c30-22(19-25-14-13-24-12-7-23(31)32)28-15-18-29(16-8-20-5-1-3-10-26-20)17-9-21-6-2-4-11-27-21/h1-6,10-11,24-25H,7-9,12-19H2,(H,28,30)(H,31,32). The van der Waals surface area contributed by atoms with Crippen LogP contribution in [0, 0.1) is 0 Å². The Labute approximate surface area is 189 Å². The Kier molecular flexibility index (Phi) is 12.6. The maximum Gasteiger partial charge on any atom is 0.304 e. The van der Waals surface area contributed by atoms with E-state index in [1.54, 1.807) is 0 Å². The summed E-state index contributed by atoms with van der Waals surface area (Å²) >= 11 is 0. The van der Waals surface area contributed by atoms with Gasteiger partial charge in [0.25, 0.3) is 0 Å². The van der Waals surface area contributed by atoms with Crippen molar-refractivity contribution in [3.8, 4) is 0 Å². The summed E-state index contributed by atoms with van der Waals surface area (Å²) in [6.07, 6.45) is 5.42. The van der Waals surface area contributed by atoms with Crippen molar-refractivity contribution in [1.82, 2.24) is 30.8 Å². The Hall–Kier alpha value is -2.88. The van der Waals surface area contributed by atoms with Gasteiger partial charge >= 0.3 is 5.97 Å². The van der Waals surface area contributed by atoms with Gasteiger partial charge in [0.1, 0.15) is 0 Å². The van der Waals surface area contributed by atoms with Gasteiger partial charge in [-0.05, 0) is 24.3 Å². The zero-order valence-electron chi connectivity index (χ0n) is 18.5. The highest BCUT2D eigenvalue weighted by Crippen LogP contribution is 2.01. The summed E-state index contributed by atoms with van der Waals surface area (Å²) in [6.45, 7) is 4.94. The second-order valence-corrected chi connectivity index (χ2v) is 7.40. The third-order valence-electron chi connectivity index (χ3n) is 4.85.